The fourth-order valence-electron chi connectivity index (χ4n) is 1.17. The highest BCUT2D eigenvalue weighted by Crippen LogP contribution is 2.12. The van der Waals surface area contributed by atoms with E-state index in [0.29, 0.717) is 5.82 Å². The molecule has 0 aromatic carbocycles. The van der Waals surface area contributed by atoms with Crippen molar-refractivity contribution in [2.75, 3.05) is 0 Å². The van der Waals surface area contributed by atoms with Gasteiger partial charge in [-0.05, 0) is 6.92 Å². The van der Waals surface area contributed by atoms with Crippen LogP contribution in [0.4, 0.5) is 0 Å². The molecule has 13 heavy (non-hydrogen) atoms. The number of amides is 1. The quantitative estimate of drug-likeness (QED) is 0.667. The van der Waals surface area contributed by atoms with Crippen LogP contribution in [0.3, 0.4) is 0 Å². The Bertz CT molecular complexity index is 318. The molecule has 1 atom stereocenters. The minimum atomic E-state index is -0.409. The highest BCUT2D eigenvalue weighted by Gasteiger charge is 2.14. The normalized spacial score (nSPS) is 12.8. The molecule has 72 valence electrons. The molecule has 1 heterocycles. The smallest absolute Gasteiger partial charge is 0.219 e. The summed E-state index contributed by atoms with van der Waals surface area (Å²) in [7, 11) is 1.86. The molecule has 0 radical (unpaired) electrons. The van der Waals surface area contributed by atoms with Gasteiger partial charge >= 0.3 is 0 Å². The summed E-state index contributed by atoms with van der Waals surface area (Å²) in [5, 5.41) is 0. The summed E-state index contributed by atoms with van der Waals surface area (Å²) < 4.78 is 1.85. The summed E-state index contributed by atoms with van der Waals surface area (Å²) >= 11 is 0. The zero-order valence-corrected chi connectivity index (χ0v) is 7.82. The predicted octanol–water partition coefficient (Wildman–Crippen LogP) is -0.396. The van der Waals surface area contributed by atoms with Crippen molar-refractivity contribution in [3.05, 3.63) is 17.7 Å². The van der Waals surface area contributed by atoms with E-state index in [9.17, 15) is 4.79 Å². The summed E-state index contributed by atoms with van der Waals surface area (Å²) in [5.74, 6) is 0.282. The lowest BCUT2D eigenvalue weighted by Crippen LogP contribution is -2.23. The second-order valence-corrected chi connectivity index (χ2v) is 3.09. The maximum Gasteiger partial charge on any atom is 0.219 e. The minimum Gasteiger partial charge on any atom is -0.370 e. The van der Waals surface area contributed by atoms with E-state index >= 15 is 0 Å². The van der Waals surface area contributed by atoms with Crippen LogP contribution in [0.1, 0.15) is 24.0 Å². The molecule has 0 saturated heterocycles. The van der Waals surface area contributed by atoms with E-state index in [4.69, 9.17) is 11.5 Å². The van der Waals surface area contributed by atoms with Crippen LogP contribution in [0.2, 0.25) is 0 Å². The Labute approximate surface area is 76.7 Å². The molecule has 0 spiro atoms. The van der Waals surface area contributed by atoms with Crippen molar-refractivity contribution >= 4 is 5.91 Å². The van der Waals surface area contributed by atoms with E-state index in [1.807, 2.05) is 18.5 Å². The van der Waals surface area contributed by atoms with Gasteiger partial charge in [-0.25, -0.2) is 4.98 Å². The number of carbonyl (C=O) groups is 1. The third kappa shape index (κ3) is 2.06. The van der Waals surface area contributed by atoms with Gasteiger partial charge in [0.15, 0.2) is 0 Å². The van der Waals surface area contributed by atoms with Gasteiger partial charge in [-0.3, -0.25) is 4.79 Å². The molecule has 1 aromatic heterocycles. The third-order valence-corrected chi connectivity index (χ3v) is 2.01. The first kappa shape index (κ1) is 9.73. The number of hydrogen-bond acceptors (Lipinski definition) is 3. The highest BCUT2D eigenvalue weighted by molar-refractivity contribution is 5.74. The molecule has 0 bridgehead atoms. The van der Waals surface area contributed by atoms with Crippen LogP contribution in [0.15, 0.2) is 6.20 Å². The minimum absolute atomic E-state index is 0.129. The average Bonchev–Trinajstić information content (AvgIpc) is 2.31. The first-order valence-corrected chi connectivity index (χ1v) is 4.04. The van der Waals surface area contributed by atoms with Crippen LogP contribution in [0, 0.1) is 6.92 Å². The first-order valence-electron chi connectivity index (χ1n) is 4.04. The number of nitrogens with zero attached hydrogens (tertiary/aromatic N) is 2. The molecule has 0 aliphatic heterocycles. The topological polar surface area (TPSA) is 86.9 Å². The number of hydrogen-bond donors (Lipinski definition) is 2. The monoisotopic (exact) mass is 182 g/mol. The SMILES string of the molecule is Cc1cnc(C(N)CC(N)=O)n1C. The number of rotatable bonds is 3. The van der Waals surface area contributed by atoms with Crippen LogP contribution in [0.5, 0.6) is 0 Å². The summed E-state index contributed by atoms with van der Waals surface area (Å²) in [6.07, 6.45) is 1.85. The van der Waals surface area contributed by atoms with Crippen LogP contribution >= 0.6 is 0 Å². The van der Waals surface area contributed by atoms with Crippen molar-refractivity contribution in [2.24, 2.45) is 18.5 Å². The average molecular weight is 182 g/mol. The number of carbonyl (C=O) groups excluding carboxylic acids is 1. The van der Waals surface area contributed by atoms with Gasteiger partial charge in [0.2, 0.25) is 5.91 Å². The summed E-state index contributed by atoms with van der Waals surface area (Å²) in [6.45, 7) is 1.92. The van der Waals surface area contributed by atoms with E-state index in [-0.39, 0.29) is 6.42 Å². The molecule has 1 rings (SSSR count). The second kappa shape index (κ2) is 3.57. The molecule has 1 unspecified atom stereocenters. The Kier molecular flexibility index (Phi) is 2.67. The van der Waals surface area contributed by atoms with E-state index in [1.54, 1.807) is 6.20 Å². The molecule has 0 saturated carbocycles. The van der Waals surface area contributed by atoms with Gasteiger partial charge < -0.3 is 16.0 Å². The van der Waals surface area contributed by atoms with Crippen molar-refractivity contribution in [1.29, 1.82) is 0 Å². The number of primary amides is 1. The summed E-state index contributed by atoms with van der Waals surface area (Å²) in [6, 6.07) is -0.406. The zero-order valence-electron chi connectivity index (χ0n) is 7.82. The number of imidazole rings is 1. The highest BCUT2D eigenvalue weighted by atomic mass is 16.1. The van der Waals surface area contributed by atoms with E-state index in [2.05, 4.69) is 4.98 Å². The zero-order chi connectivity index (χ0) is 10.0. The van der Waals surface area contributed by atoms with Crippen LogP contribution in [-0.2, 0) is 11.8 Å². The predicted molar refractivity (Wildman–Crippen MR) is 48.7 cm³/mol. The molecular formula is C8H14N4O. The van der Waals surface area contributed by atoms with Gasteiger partial charge in [0.05, 0.1) is 6.04 Å². The number of aromatic nitrogens is 2. The van der Waals surface area contributed by atoms with Crippen molar-refractivity contribution in [3.63, 3.8) is 0 Å². The lowest BCUT2D eigenvalue weighted by atomic mass is 10.2. The van der Waals surface area contributed by atoms with Gasteiger partial charge in [-0.15, -0.1) is 0 Å². The maximum absolute atomic E-state index is 10.6. The summed E-state index contributed by atoms with van der Waals surface area (Å²) in [4.78, 5) is 14.7. The fourth-order valence-corrected chi connectivity index (χ4v) is 1.17. The standard InChI is InChI=1S/C8H14N4O/c1-5-4-11-8(12(5)2)6(9)3-7(10)13/h4,6H,3,9H2,1-2H3,(H2,10,13). The van der Waals surface area contributed by atoms with Gasteiger partial charge in [0.1, 0.15) is 5.82 Å². The Morgan fingerprint density at radius 1 is 1.77 bits per heavy atom. The molecule has 5 heteroatoms. The van der Waals surface area contributed by atoms with Gasteiger partial charge in [-0.1, -0.05) is 0 Å². The Morgan fingerprint density at radius 2 is 2.38 bits per heavy atom. The summed E-state index contributed by atoms with van der Waals surface area (Å²) in [5.41, 5.74) is 11.8. The molecule has 0 aliphatic carbocycles. The number of aryl methyl sites for hydroxylation is 1. The van der Waals surface area contributed by atoms with E-state index < -0.39 is 11.9 Å². The van der Waals surface area contributed by atoms with Crippen LogP contribution in [-0.4, -0.2) is 15.5 Å². The van der Waals surface area contributed by atoms with E-state index in [0.717, 1.165) is 5.69 Å². The van der Waals surface area contributed by atoms with Gasteiger partial charge in [-0.2, -0.15) is 0 Å². The molecule has 1 amide bonds. The second-order valence-electron chi connectivity index (χ2n) is 3.09. The Hall–Kier alpha value is -1.36. The molecule has 4 N–H and O–H groups in total. The largest absolute Gasteiger partial charge is 0.370 e. The maximum atomic E-state index is 10.6. The third-order valence-electron chi connectivity index (χ3n) is 2.01. The molecular weight excluding hydrogens is 168 g/mol. The molecule has 0 aliphatic rings. The van der Waals surface area contributed by atoms with Crippen molar-refractivity contribution in [1.82, 2.24) is 9.55 Å². The van der Waals surface area contributed by atoms with Crippen LogP contribution < -0.4 is 11.5 Å². The van der Waals surface area contributed by atoms with Gasteiger partial charge in [0.25, 0.3) is 0 Å². The molecule has 5 nitrogen and oxygen atoms in total. The number of nitrogens with two attached hydrogens (primary N) is 2. The Balaban J connectivity index is 2.82. The lowest BCUT2D eigenvalue weighted by Gasteiger charge is -2.09. The van der Waals surface area contributed by atoms with Crippen molar-refractivity contribution < 1.29 is 4.79 Å². The van der Waals surface area contributed by atoms with Crippen molar-refractivity contribution in [2.45, 2.75) is 19.4 Å². The van der Waals surface area contributed by atoms with E-state index in [1.165, 1.54) is 0 Å². The molecule has 0 fully saturated rings. The first-order chi connectivity index (χ1) is 6.02. The fraction of sp³-hybridized carbons (Fsp3) is 0.500. The lowest BCUT2D eigenvalue weighted by molar-refractivity contribution is -0.118. The Morgan fingerprint density at radius 3 is 2.77 bits per heavy atom. The molecule has 1 aromatic rings. The van der Waals surface area contributed by atoms with Crippen molar-refractivity contribution in [3.8, 4) is 0 Å². The van der Waals surface area contributed by atoms with Gasteiger partial charge in [0, 0.05) is 25.4 Å². The van der Waals surface area contributed by atoms with Crippen LogP contribution in [0.25, 0.3) is 0 Å².